The van der Waals surface area contributed by atoms with E-state index in [9.17, 15) is 4.79 Å². The number of phenolic OH excluding ortho intramolecular Hbond substituents is 1. The third kappa shape index (κ3) is 2.61. The van der Waals surface area contributed by atoms with E-state index in [0.717, 1.165) is 0 Å². The van der Waals surface area contributed by atoms with Crippen LogP contribution in [-0.2, 0) is 9.47 Å². The Bertz CT molecular complexity index is 338. The number of esters is 1. The van der Waals surface area contributed by atoms with Gasteiger partial charge in [-0.1, -0.05) is 11.6 Å². The lowest BCUT2D eigenvalue weighted by molar-refractivity contribution is -0.0125. The third-order valence-corrected chi connectivity index (χ3v) is 1.79. The van der Waals surface area contributed by atoms with Crippen LogP contribution in [0.5, 0.6) is 5.75 Å². The van der Waals surface area contributed by atoms with Crippen molar-refractivity contribution in [1.82, 2.24) is 0 Å². The highest BCUT2D eigenvalue weighted by Crippen LogP contribution is 2.23. The van der Waals surface area contributed by atoms with Gasteiger partial charge in [-0.3, -0.25) is 0 Å². The molecule has 0 bridgehead atoms. The normalized spacial score (nSPS) is 9.86. The van der Waals surface area contributed by atoms with Gasteiger partial charge in [0.25, 0.3) is 0 Å². The van der Waals surface area contributed by atoms with E-state index in [-0.39, 0.29) is 23.1 Å². The molecule has 1 aromatic carbocycles. The predicted octanol–water partition coefficient (Wildman–Crippen LogP) is 1.81. The molecule has 14 heavy (non-hydrogen) atoms. The molecule has 5 heteroatoms. The van der Waals surface area contributed by atoms with Crippen molar-refractivity contribution in [2.45, 2.75) is 0 Å². The molecule has 1 N–H and O–H groups in total. The van der Waals surface area contributed by atoms with Crippen molar-refractivity contribution in [3.63, 3.8) is 0 Å². The van der Waals surface area contributed by atoms with E-state index < -0.39 is 5.97 Å². The first-order valence-electron chi connectivity index (χ1n) is 3.79. The maximum atomic E-state index is 11.2. The zero-order valence-corrected chi connectivity index (χ0v) is 8.25. The van der Waals surface area contributed by atoms with Gasteiger partial charge < -0.3 is 14.6 Å². The van der Waals surface area contributed by atoms with Crippen LogP contribution in [0.2, 0.25) is 5.02 Å². The molecule has 0 heterocycles. The summed E-state index contributed by atoms with van der Waals surface area (Å²) in [5.41, 5.74) is 0.268. The Morgan fingerprint density at radius 3 is 2.86 bits per heavy atom. The molecule has 0 fully saturated rings. The summed E-state index contributed by atoms with van der Waals surface area (Å²) < 4.78 is 9.23. The molecule has 0 amide bonds. The van der Waals surface area contributed by atoms with Crippen LogP contribution in [0.25, 0.3) is 0 Å². The quantitative estimate of drug-likeness (QED) is 0.619. The molecule has 0 unspecified atom stereocenters. The second-order valence-electron chi connectivity index (χ2n) is 2.50. The molecule has 0 spiro atoms. The van der Waals surface area contributed by atoms with Crippen molar-refractivity contribution in [3.05, 3.63) is 28.8 Å². The molecule has 0 aliphatic heterocycles. The average Bonchev–Trinajstić information content (AvgIpc) is 2.18. The summed E-state index contributed by atoms with van der Waals surface area (Å²) in [5, 5.41) is 9.20. The van der Waals surface area contributed by atoms with Crippen molar-refractivity contribution < 1.29 is 19.4 Å². The predicted molar refractivity (Wildman–Crippen MR) is 50.4 cm³/mol. The smallest absolute Gasteiger partial charge is 0.340 e. The van der Waals surface area contributed by atoms with E-state index in [1.807, 2.05) is 0 Å². The Morgan fingerprint density at radius 2 is 2.29 bits per heavy atom. The lowest BCUT2D eigenvalue weighted by Crippen LogP contribution is -2.07. The fourth-order valence-electron chi connectivity index (χ4n) is 0.830. The second-order valence-corrected chi connectivity index (χ2v) is 2.91. The van der Waals surface area contributed by atoms with E-state index in [0.29, 0.717) is 0 Å². The monoisotopic (exact) mass is 216 g/mol. The zero-order valence-electron chi connectivity index (χ0n) is 7.49. The number of carbonyl (C=O) groups is 1. The van der Waals surface area contributed by atoms with Crippen LogP contribution >= 0.6 is 11.6 Å². The van der Waals surface area contributed by atoms with Crippen LogP contribution in [0, 0.1) is 0 Å². The van der Waals surface area contributed by atoms with Crippen LogP contribution in [-0.4, -0.2) is 25.0 Å². The zero-order chi connectivity index (χ0) is 10.6. The van der Waals surface area contributed by atoms with Gasteiger partial charge in [-0.15, -0.1) is 0 Å². The Hall–Kier alpha value is -1.26. The van der Waals surface area contributed by atoms with E-state index in [1.165, 1.54) is 25.3 Å². The summed E-state index contributed by atoms with van der Waals surface area (Å²) in [7, 11) is 1.41. The molecular formula is C9H9ClO4. The number of hydrogen-bond acceptors (Lipinski definition) is 4. The standard InChI is InChI=1S/C9H9ClO4/c1-13-5-14-9(12)6-2-3-8(11)7(10)4-6/h2-4,11H,5H2,1H3. The van der Waals surface area contributed by atoms with Crippen LogP contribution in [0.15, 0.2) is 18.2 Å². The van der Waals surface area contributed by atoms with Crippen molar-refractivity contribution in [3.8, 4) is 5.75 Å². The molecule has 1 aromatic rings. The van der Waals surface area contributed by atoms with Gasteiger partial charge in [0.2, 0.25) is 0 Å². The summed E-state index contributed by atoms with van der Waals surface area (Å²) >= 11 is 5.60. The SMILES string of the molecule is COCOC(=O)c1ccc(O)c(Cl)c1. The minimum Gasteiger partial charge on any atom is -0.506 e. The summed E-state index contributed by atoms with van der Waals surface area (Å²) in [6.07, 6.45) is 0. The van der Waals surface area contributed by atoms with Gasteiger partial charge >= 0.3 is 5.97 Å². The van der Waals surface area contributed by atoms with E-state index in [2.05, 4.69) is 9.47 Å². The molecule has 0 aromatic heterocycles. The fourth-order valence-corrected chi connectivity index (χ4v) is 1.01. The third-order valence-electron chi connectivity index (χ3n) is 1.49. The first-order chi connectivity index (χ1) is 6.65. The number of halogens is 1. The number of carbonyl (C=O) groups excluding carboxylic acids is 1. The minimum atomic E-state index is -0.547. The Labute approximate surface area is 86.0 Å². The highest BCUT2D eigenvalue weighted by Gasteiger charge is 2.08. The van der Waals surface area contributed by atoms with E-state index >= 15 is 0 Å². The Kier molecular flexibility index (Phi) is 3.73. The summed E-state index contributed by atoms with van der Waals surface area (Å²) in [4.78, 5) is 11.2. The Morgan fingerprint density at radius 1 is 1.57 bits per heavy atom. The first kappa shape index (κ1) is 10.8. The second kappa shape index (κ2) is 4.83. The highest BCUT2D eigenvalue weighted by molar-refractivity contribution is 6.32. The molecule has 0 atom stereocenters. The number of ether oxygens (including phenoxy) is 2. The largest absolute Gasteiger partial charge is 0.506 e. The number of rotatable bonds is 3. The highest BCUT2D eigenvalue weighted by atomic mass is 35.5. The molecular weight excluding hydrogens is 208 g/mol. The van der Waals surface area contributed by atoms with E-state index in [4.69, 9.17) is 16.7 Å². The van der Waals surface area contributed by atoms with Crippen LogP contribution in [0.4, 0.5) is 0 Å². The molecule has 0 saturated carbocycles. The van der Waals surface area contributed by atoms with Crippen LogP contribution in [0.3, 0.4) is 0 Å². The molecule has 4 nitrogen and oxygen atoms in total. The number of methoxy groups -OCH3 is 1. The lowest BCUT2D eigenvalue weighted by atomic mass is 10.2. The van der Waals surface area contributed by atoms with Crippen molar-refractivity contribution in [2.75, 3.05) is 13.9 Å². The van der Waals surface area contributed by atoms with Gasteiger partial charge in [0.15, 0.2) is 6.79 Å². The van der Waals surface area contributed by atoms with E-state index in [1.54, 1.807) is 0 Å². The van der Waals surface area contributed by atoms with Crippen molar-refractivity contribution >= 4 is 17.6 Å². The molecule has 1 rings (SSSR count). The molecule has 76 valence electrons. The van der Waals surface area contributed by atoms with Gasteiger partial charge in [0.1, 0.15) is 5.75 Å². The van der Waals surface area contributed by atoms with Crippen LogP contribution in [0.1, 0.15) is 10.4 Å². The number of phenols is 1. The molecule has 0 aliphatic rings. The summed E-state index contributed by atoms with van der Waals surface area (Å²) in [6, 6.07) is 4.07. The average molecular weight is 217 g/mol. The molecule has 0 aliphatic carbocycles. The molecule has 0 saturated heterocycles. The van der Waals surface area contributed by atoms with Crippen LogP contribution < -0.4 is 0 Å². The van der Waals surface area contributed by atoms with Crippen molar-refractivity contribution in [1.29, 1.82) is 0 Å². The van der Waals surface area contributed by atoms with Crippen molar-refractivity contribution in [2.24, 2.45) is 0 Å². The number of hydrogen-bond donors (Lipinski definition) is 1. The first-order valence-corrected chi connectivity index (χ1v) is 4.17. The Balaban J connectivity index is 2.76. The van der Waals surface area contributed by atoms with Gasteiger partial charge in [-0.25, -0.2) is 4.79 Å². The maximum Gasteiger partial charge on any atom is 0.340 e. The van der Waals surface area contributed by atoms with Gasteiger partial charge in [0.05, 0.1) is 10.6 Å². The van der Waals surface area contributed by atoms with Gasteiger partial charge in [-0.2, -0.15) is 0 Å². The minimum absolute atomic E-state index is 0.0741. The lowest BCUT2D eigenvalue weighted by Gasteiger charge is -2.03. The topological polar surface area (TPSA) is 55.8 Å². The van der Waals surface area contributed by atoms with Gasteiger partial charge in [0, 0.05) is 7.11 Å². The number of aromatic hydroxyl groups is 1. The molecule has 0 radical (unpaired) electrons. The summed E-state index contributed by atoms with van der Waals surface area (Å²) in [6.45, 7) is -0.114. The summed E-state index contributed by atoms with van der Waals surface area (Å²) in [5.74, 6) is -0.622. The maximum absolute atomic E-state index is 11.2. The fraction of sp³-hybridized carbons (Fsp3) is 0.222. The van der Waals surface area contributed by atoms with Gasteiger partial charge in [-0.05, 0) is 18.2 Å². The number of benzene rings is 1.